The molecule has 2 aliphatic heterocycles. The molecule has 64 valence electrons. The number of fused-ring (bicyclic) bond motifs is 1. The number of hydrogen-bond acceptors (Lipinski definition) is 4. The fraction of sp³-hybridized carbons (Fsp3) is 0.500. The van der Waals surface area contributed by atoms with Crippen molar-refractivity contribution in [3.63, 3.8) is 0 Å². The molecule has 5 nitrogen and oxygen atoms in total. The van der Waals surface area contributed by atoms with Gasteiger partial charge >= 0.3 is 0 Å². The molecule has 0 aromatic rings. The van der Waals surface area contributed by atoms with Crippen LogP contribution >= 0.6 is 11.8 Å². The fourth-order valence-electron chi connectivity index (χ4n) is 1.26. The first-order valence-corrected chi connectivity index (χ1v) is 4.45. The van der Waals surface area contributed by atoms with Gasteiger partial charge in [0.2, 0.25) is 11.8 Å². The number of thioether (sulfide) groups is 1. The molecule has 0 aromatic carbocycles. The van der Waals surface area contributed by atoms with Gasteiger partial charge in [-0.2, -0.15) is 0 Å². The molecule has 0 unspecified atom stereocenters. The predicted octanol–water partition coefficient (Wildman–Crippen LogP) is -0.820. The van der Waals surface area contributed by atoms with E-state index in [0.29, 0.717) is 5.75 Å². The summed E-state index contributed by atoms with van der Waals surface area (Å²) in [7, 11) is 0. The van der Waals surface area contributed by atoms with E-state index in [9.17, 15) is 14.4 Å². The van der Waals surface area contributed by atoms with Gasteiger partial charge in [0, 0.05) is 5.75 Å². The van der Waals surface area contributed by atoms with Gasteiger partial charge in [-0.15, -0.1) is 0 Å². The Morgan fingerprint density at radius 2 is 2.17 bits per heavy atom. The van der Waals surface area contributed by atoms with Crippen molar-refractivity contribution in [3.8, 4) is 0 Å². The number of nitrogens with zero attached hydrogens (tertiary/aromatic N) is 1. The van der Waals surface area contributed by atoms with Crippen LogP contribution in [0.25, 0.3) is 0 Å². The molecule has 0 bridgehead atoms. The summed E-state index contributed by atoms with van der Waals surface area (Å²) in [4.78, 5) is 34.3. The van der Waals surface area contributed by atoms with Crippen LogP contribution < -0.4 is 5.32 Å². The van der Waals surface area contributed by atoms with E-state index < -0.39 is 6.04 Å². The van der Waals surface area contributed by atoms with E-state index in [2.05, 4.69) is 5.32 Å². The summed E-state index contributed by atoms with van der Waals surface area (Å²) in [6.07, 6.45) is 0. The normalized spacial score (nSPS) is 28.8. The van der Waals surface area contributed by atoms with Crippen molar-refractivity contribution in [1.82, 2.24) is 10.2 Å². The molecular weight excluding hydrogens is 180 g/mol. The molecule has 1 N–H and O–H groups in total. The van der Waals surface area contributed by atoms with Crippen molar-refractivity contribution >= 4 is 28.8 Å². The van der Waals surface area contributed by atoms with E-state index in [1.807, 2.05) is 0 Å². The third kappa shape index (κ3) is 0.911. The van der Waals surface area contributed by atoms with Crippen molar-refractivity contribution in [2.45, 2.75) is 6.04 Å². The Balaban J connectivity index is 2.30. The van der Waals surface area contributed by atoms with E-state index in [1.165, 1.54) is 0 Å². The van der Waals surface area contributed by atoms with Gasteiger partial charge in [0.1, 0.15) is 6.04 Å². The van der Waals surface area contributed by atoms with Gasteiger partial charge < -0.3 is 5.32 Å². The topological polar surface area (TPSA) is 66.5 Å². The van der Waals surface area contributed by atoms with Crippen molar-refractivity contribution in [2.75, 3.05) is 12.3 Å². The molecule has 1 atom stereocenters. The smallest absolute Gasteiger partial charge is 0.289 e. The minimum absolute atomic E-state index is 0.0539. The number of amides is 3. The van der Waals surface area contributed by atoms with Gasteiger partial charge in [0.05, 0.1) is 6.54 Å². The van der Waals surface area contributed by atoms with Crippen LogP contribution in [0.4, 0.5) is 4.79 Å². The van der Waals surface area contributed by atoms with E-state index >= 15 is 0 Å². The summed E-state index contributed by atoms with van der Waals surface area (Å²) in [6, 6.07) is -0.566. The highest BCUT2D eigenvalue weighted by molar-refractivity contribution is 8.14. The number of hydrogen-bond donors (Lipinski definition) is 1. The van der Waals surface area contributed by atoms with Crippen molar-refractivity contribution in [1.29, 1.82) is 0 Å². The Labute approximate surface area is 72.5 Å². The molecule has 0 saturated carbocycles. The molecule has 12 heavy (non-hydrogen) atoms. The molecule has 2 rings (SSSR count). The zero-order valence-electron chi connectivity index (χ0n) is 6.07. The van der Waals surface area contributed by atoms with Gasteiger partial charge in [-0.1, -0.05) is 11.8 Å². The van der Waals surface area contributed by atoms with Crippen molar-refractivity contribution in [3.05, 3.63) is 0 Å². The predicted molar refractivity (Wildman–Crippen MR) is 41.5 cm³/mol. The lowest BCUT2D eigenvalue weighted by molar-refractivity contribution is -0.140. The quantitative estimate of drug-likeness (QED) is 0.536. The lowest BCUT2D eigenvalue weighted by atomic mass is 10.2. The maximum atomic E-state index is 11.1. The second-order valence-electron chi connectivity index (χ2n) is 2.57. The third-order valence-corrected chi connectivity index (χ3v) is 2.78. The van der Waals surface area contributed by atoms with Crippen LogP contribution in [0.5, 0.6) is 0 Å². The molecule has 2 saturated heterocycles. The first kappa shape index (κ1) is 7.60. The summed E-state index contributed by atoms with van der Waals surface area (Å²) < 4.78 is 0. The highest BCUT2D eigenvalue weighted by atomic mass is 32.2. The molecule has 6 heteroatoms. The monoisotopic (exact) mass is 186 g/mol. The van der Waals surface area contributed by atoms with E-state index in [0.717, 1.165) is 16.7 Å². The largest absolute Gasteiger partial charge is 0.345 e. The summed E-state index contributed by atoms with van der Waals surface area (Å²) in [5.74, 6) is -0.154. The molecule has 3 amide bonds. The Morgan fingerprint density at radius 1 is 1.42 bits per heavy atom. The zero-order valence-corrected chi connectivity index (χ0v) is 6.89. The molecule has 2 fully saturated rings. The Hall–Kier alpha value is -1.04. The Kier molecular flexibility index (Phi) is 1.57. The highest BCUT2D eigenvalue weighted by Gasteiger charge is 2.43. The minimum atomic E-state index is -0.566. The Bertz CT molecular complexity index is 278. The third-order valence-electron chi connectivity index (χ3n) is 1.86. The zero-order chi connectivity index (χ0) is 8.72. The first-order valence-electron chi connectivity index (χ1n) is 3.46. The minimum Gasteiger partial charge on any atom is -0.345 e. The van der Waals surface area contributed by atoms with Gasteiger partial charge in [-0.25, -0.2) is 0 Å². The van der Waals surface area contributed by atoms with E-state index in [1.54, 1.807) is 0 Å². The average Bonchev–Trinajstić information content (AvgIpc) is 2.42. The van der Waals surface area contributed by atoms with Crippen molar-refractivity contribution in [2.24, 2.45) is 0 Å². The number of carbonyl (C=O) groups is 3. The summed E-state index contributed by atoms with van der Waals surface area (Å²) in [5, 5.41) is 2.12. The standard InChI is InChI=1S/C6H6N2O3S/c9-4-1-7-5(10)3-2-12-6(11)8(3)4/h3H,1-2H2,(H,7,10)/t3-/m0/s1. The number of nitrogens with one attached hydrogen (secondary N) is 1. The van der Waals surface area contributed by atoms with Gasteiger partial charge in [0.15, 0.2) is 0 Å². The summed E-state index contributed by atoms with van der Waals surface area (Å²) in [5.41, 5.74) is 0. The van der Waals surface area contributed by atoms with Crippen LogP contribution in [0, 0.1) is 0 Å². The average molecular weight is 186 g/mol. The van der Waals surface area contributed by atoms with Crippen LogP contribution in [0.1, 0.15) is 0 Å². The molecule has 0 aromatic heterocycles. The van der Waals surface area contributed by atoms with Gasteiger partial charge in [0.25, 0.3) is 5.24 Å². The highest BCUT2D eigenvalue weighted by Crippen LogP contribution is 2.25. The summed E-state index contributed by atoms with van der Waals surface area (Å²) >= 11 is 1.02. The second kappa shape index (κ2) is 2.48. The molecule has 0 aliphatic carbocycles. The first-order chi connectivity index (χ1) is 5.70. The fourth-order valence-corrected chi connectivity index (χ4v) is 2.22. The lowest BCUT2D eigenvalue weighted by Gasteiger charge is -2.25. The molecule has 2 aliphatic rings. The lowest BCUT2D eigenvalue weighted by Crippen LogP contribution is -2.57. The van der Waals surface area contributed by atoms with E-state index in [-0.39, 0.29) is 23.6 Å². The van der Waals surface area contributed by atoms with Gasteiger partial charge in [-0.05, 0) is 0 Å². The SMILES string of the molecule is O=C1NCC(=O)N2C(=O)SC[C@@H]12. The number of piperazine rings is 1. The Morgan fingerprint density at radius 3 is 2.83 bits per heavy atom. The van der Waals surface area contributed by atoms with Crippen LogP contribution in [0.3, 0.4) is 0 Å². The van der Waals surface area contributed by atoms with Gasteiger partial charge in [-0.3, -0.25) is 19.3 Å². The van der Waals surface area contributed by atoms with Crippen LogP contribution in [-0.4, -0.2) is 40.3 Å². The number of carbonyl (C=O) groups excluding carboxylic acids is 3. The maximum absolute atomic E-state index is 11.1. The molecular formula is C6H6N2O3S. The van der Waals surface area contributed by atoms with E-state index in [4.69, 9.17) is 0 Å². The second-order valence-corrected chi connectivity index (χ2v) is 3.55. The summed E-state index contributed by atoms with van der Waals surface area (Å²) in [6.45, 7) is -0.0539. The number of rotatable bonds is 0. The van der Waals surface area contributed by atoms with Crippen LogP contribution in [0.2, 0.25) is 0 Å². The van der Waals surface area contributed by atoms with Crippen molar-refractivity contribution < 1.29 is 14.4 Å². The molecule has 0 radical (unpaired) electrons. The maximum Gasteiger partial charge on any atom is 0.289 e. The number of imide groups is 1. The molecule has 2 heterocycles. The van der Waals surface area contributed by atoms with Crippen LogP contribution in [0.15, 0.2) is 0 Å². The molecule has 0 spiro atoms. The van der Waals surface area contributed by atoms with Crippen LogP contribution in [-0.2, 0) is 9.59 Å².